The van der Waals surface area contributed by atoms with E-state index in [4.69, 9.17) is 4.42 Å². The maximum absolute atomic E-state index is 13.1. The van der Waals surface area contributed by atoms with Gasteiger partial charge in [-0.15, -0.1) is 0 Å². The minimum Gasteiger partial charge on any atom is -0.460 e. The molecule has 100 valence electrons. The molecule has 0 saturated heterocycles. The third-order valence-corrected chi connectivity index (χ3v) is 3.07. The molecule has 1 N–H and O–H groups in total. The lowest BCUT2D eigenvalue weighted by molar-refractivity contribution is 0.446. The van der Waals surface area contributed by atoms with E-state index in [1.54, 1.807) is 12.1 Å². The van der Waals surface area contributed by atoms with Crippen molar-refractivity contribution in [1.82, 2.24) is 5.32 Å². The fraction of sp³-hybridized carbons (Fsp3) is 0.286. The van der Waals surface area contributed by atoms with Crippen molar-refractivity contribution in [3.63, 3.8) is 0 Å². The van der Waals surface area contributed by atoms with Crippen molar-refractivity contribution in [1.29, 1.82) is 0 Å². The van der Waals surface area contributed by atoms with E-state index in [0.717, 1.165) is 12.1 Å². The summed E-state index contributed by atoms with van der Waals surface area (Å²) in [7, 11) is 0. The molecular weight excluding hydrogens is 255 g/mol. The largest absolute Gasteiger partial charge is 0.460 e. The van der Waals surface area contributed by atoms with Crippen molar-refractivity contribution in [2.45, 2.75) is 25.4 Å². The molecule has 1 aromatic heterocycles. The SMILES string of the molecule is Fc1cc(-c2ccc(CNC3CC3)o2)cc(F)c1F. The second-order valence-electron chi connectivity index (χ2n) is 4.68. The Balaban J connectivity index is 1.81. The predicted molar refractivity (Wildman–Crippen MR) is 63.9 cm³/mol. The first-order chi connectivity index (χ1) is 9.13. The highest BCUT2D eigenvalue weighted by Crippen LogP contribution is 2.26. The number of rotatable bonds is 4. The van der Waals surface area contributed by atoms with Crippen LogP contribution in [0.3, 0.4) is 0 Å². The molecule has 5 heteroatoms. The van der Waals surface area contributed by atoms with Crippen LogP contribution in [0, 0.1) is 17.5 Å². The molecule has 1 heterocycles. The van der Waals surface area contributed by atoms with Crippen LogP contribution in [0.4, 0.5) is 13.2 Å². The monoisotopic (exact) mass is 267 g/mol. The summed E-state index contributed by atoms with van der Waals surface area (Å²) in [4.78, 5) is 0. The summed E-state index contributed by atoms with van der Waals surface area (Å²) >= 11 is 0. The van der Waals surface area contributed by atoms with E-state index in [-0.39, 0.29) is 5.56 Å². The molecule has 19 heavy (non-hydrogen) atoms. The van der Waals surface area contributed by atoms with Gasteiger partial charge in [0.05, 0.1) is 6.54 Å². The highest BCUT2D eigenvalue weighted by atomic mass is 19.2. The van der Waals surface area contributed by atoms with Gasteiger partial charge in [-0.1, -0.05) is 0 Å². The van der Waals surface area contributed by atoms with E-state index < -0.39 is 17.5 Å². The van der Waals surface area contributed by atoms with Gasteiger partial charge in [0.15, 0.2) is 17.5 Å². The minimum absolute atomic E-state index is 0.189. The first-order valence-electron chi connectivity index (χ1n) is 6.10. The smallest absolute Gasteiger partial charge is 0.194 e. The second kappa shape index (κ2) is 4.74. The summed E-state index contributed by atoms with van der Waals surface area (Å²) in [5.41, 5.74) is 0.189. The molecule has 1 fully saturated rings. The van der Waals surface area contributed by atoms with E-state index in [1.165, 1.54) is 12.8 Å². The molecule has 1 aromatic carbocycles. The van der Waals surface area contributed by atoms with Gasteiger partial charge in [0.2, 0.25) is 0 Å². The van der Waals surface area contributed by atoms with Crippen LogP contribution in [-0.4, -0.2) is 6.04 Å². The molecule has 1 saturated carbocycles. The molecule has 0 amide bonds. The second-order valence-corrected chi connectivity index (χ2v) is 4.68. The topological polar surface area (TPSA) is 25.2 Å². The Morgan fingerprint density at radius 2 is 1.79 bits per heavy atom. The Morgan fingerprint density at radius 1 is 1.11 bits per heavy atom. The summed E-state index contributed by atoms with van der Waals surface area (Å²) in [6, 6.07) is 5.76. The first-order valence-corrected chi connectivity index (χ1v) is 6.10. The molecule has 3 rings (SSSR count). The van der Waals surface area contributed by atoms with Crippen LogP contribution in [0.25, 0.3) is 11.3 Å². The average Bonchev–Trinajstić information content (AvgIpc) is 3.10. The van der Waals surface area contributed by atoms with E-state index in [9.17, 15) is 13.2 Å². The van der Waals surface area contributed by atoms with Gasteiger partial charge in [0, 0.05) is 11.6 Å². The summed E-state index contributed by atoms with van der Waals surface area (Å²) < 4.78 is 44.6. The molecule has 1 aliphatic rings. The Hall–Kier alpha value is -1.75. The lowest BCUT2D eigenvalue weighted by Gasteiger charge is -2.01. The van der Waals surface area contributed by atoms with Crippen molar-refractivity contribution in [3.8, 4) is 11.3 Å². The molecule has 0 atom stereocenters. The van der Waals surface area contributed by atoms with Crippen LogP contribution in [0.15, 0.2) is 28.7 Å². The summed E-state index contributed by atoms with van der Waals surface area (Å²) in [5, 5.41) is 3.27. The standard InChI is InChI=1S/C14H12F3NO/c15-11-5-8(6-12(16)14(11)17)13-4-3-10(19-13)7-18-9-1-2-9/h3-6,9,18H,1-2,7H2. The fourth-order valence-corrected chi connectivity index (χ4v) is 1.86. The van der Waals surface area contributed by atoms with Crippen molar-refractivity contribution in [2.24, 2.45) is 0 Å². The molecule has 0 spiro atoms. The zero-order chi connectivity index (χ0) is 13.4. The lowest BCUT2D eigenvalue weighted by Crippen LogP contribution is -2.14. The average molecular weight is 267 g/mol. The number of halogens is 3. The molecule has 0 unspecified atom stereocenters. The van der Waals surface area contributed by atoms with Gasteiger partial charge >= 0.3 is 0 Å². The number of nitrogens with one attached hydrogen (secondary N) is 1. The minimum atomic E-state index is -1.47. The highest BCUT2D eigenvalue weighted by Gasteiger charge is 2.20. The van der Waals surface area contributed by atoms with Gasteiger partial charge in [0.1, 0.15) is 11.5 Å². The van der Waals surface area contributed by atoms with E-state index in [0.29, 0.717) is 24.1 Å². The zero-order valence-corrected chi connectivity index (χ0v) is 10.1. The van der Waals surface area contributed by atoms with Crippen LogP contribution >= 0.6 is 0 Å². The maximum atomic E-state index is 13.1. The van der Waals surface area contributed by atoms with E-state index in [1.807, 2.05) is 0 Å². The predicted octanol–water partition coefficient (Wildman–Crippen LogP) is 3.62. The van der Waals surface area contributed by atoms with Crippen LogP contribution in [0.1, 0.15) is 18.6 Å². The zero-order valence-electron chi connectivity index (χ0n) is 10.1. The summed E-state index contributed by atoms with van der Waals surface area (Å²) in [5.74, 6) is -2.89. The Labute approximate surface area is 108 Å². The van der Waals surface area contributed by atoms with Gasteiger partial charge < -0.3 is 9.73 Å². The number of benzene rings is 1. The third kappa shape index (κ3) is 2.66. The van der Waals surface area contributed by atoms with E-state index >= 15 is 0 Å². The first kappa shape index (κ1) is 12.3. The molecule has 2 aromatic rings. The van der Waals surface area contributed by atoms with Crippen LogP contribution < -0.4 is 5.32 Å². The van der Waals surface area contributed by atoms with Gasteiger partial charge in [-0.2, -0.15) is 0 Å². The molecule has 0 radical (unpaired) electrons. The molecular formula is C14H12F3NO. The van der Waals surface area contributed by atoms with Gasteiger partial charge in [-0.05, 0) is 37.1 Å². The number of hydrogen-bond donors (Lipinski definition) is 1. The highest BCUT2D eigenvalue weighted by molar-refractivity contribution is 5.57. The number of furan rings is 1. The maximum Gasteiger partial charge on any atom is 0.194 e. The quantitative estimate of drug-likeness (QED) is 0.856. The third-order valence-electron chi connectivity index (χ3n) is 3.07. The van der Waals surface area contributed by atoms with Crippen molar-refractivity contribution >= 4 is 0 Å². The Kier molecular flexibility index (Phi) is 3.06. The van der Waals surface area contributed by atoms with Crippen LogP contribution in [-0.2, 0) is 6.54 Å². The van der Waals surface area contributed by atoms with Gasteiger partial charge in [-0.25, -0.2) is 13.2 Å². The number of hydrogen-bond acceptors (Lipinski definition) is 2. The van der Waals surface area contributed by atoms with Crippen LogP contribution in [0.5, 0.6) is 0 Å². The summed E-state index contributed by atoms with van der Waals surface area (Å²) in [6.07, 6.45) is 2.34. The summed E-state index contributed by atoms with van der Waals surface area (Å²) in [6.45, 7) is 0.580. The fourth-order valence-electron chi connectivity index (χ4n) is 1.86. The molecule has 2 nitrogen and oxygen atoms in total. The van der Waals surface area contributed by atoms with Crippen LogP contribution in [0.2, 0.25) is 0 Å². The van der Waals surface area contributed by atoms with Crippen molar-refractivity contribution < 1.29 is 17.6 Å². The molecule has 0 aliphatic heterocycles. The normalized spacial score (nSPS) is 14.9. The van der Waals surface area contributed by atoms with Crippen molar-refractivity contribution in [3.05, 3.63) is 47.5 Å². The van der Waals surface area contributed by atoms with Crippen molar-refractivity contribution in [2.75, 3.05) is 0 Å². The lowest BCUT2D eigenvalue weighted by atomic mass is 10.1. The molecule has 0 bridgehead atoms. The van der Waals surface area contributed by atoms with Gasteiger partial charge in [-0.3, -0.25) is 0 Å². The van der Waals surface area contributed by atoms with Gasteiger partial charge in [0.25, 0.3) is 0 Å². The Bertz CT molecular complexity index is 581. The Morgan fingerprint density at radius 3 is 2.42 bits per heavy atom. The van der Waals surface area contributed by atoms with E-state index in [2.05, 4.69) is 5.32 Å². The molecule has 1 aliphatic carbocycles.